The molecule has 0 amide bonds. The summed E-state index contributed by atoms with van der Waals surface area (Å²) in [6.07, 6.45) is -2.59. The molecule has 0 fully saturated rings. The Bertz CT molecular complexity index is 330. The topological polar surface area (TPSA) is 23.8 Å². The van der Waals surface area contributed by atoms with Gasteiger partial charge in [-0.05, 0) is 12.1 Å². The minimum atomic E-state index is -2.59. The molecule has 0 atom stereocenters. The van der Waals surface area contributed by atoms with E-state index in [0.717, 1.165) is 6.07 Å². The van der Waals surface area contributed by atoms with Crippen LogP contribution in [0.15, 0.2) is 18.2 Å². The Morgan fingerprint density at radius 1 is 1.42 bits per heavy atom. The summed E-state index contributed by atoms with van der Waals surface area (Å²) in [6, 6.07) is 5.50. The van der Waals surface area contributed by atoms with Gasteiger partial charge in [0.1, 0.15) is 0 Å². The molecule has 0 spiro atoms. The summed E-state index contributed by atoms with van der Waals surface area (Å²) in [7, 11) is 0. The molecule has 12 heavy (non-hydrogen) atoms. The highest BCUT2D eigenvalue weighted by Crippen LogP contribution is 2.27. The van der Waals surface area contributed by atoms with Crippen molar-refractivity contribution in [3.8, 4) is 6.07 Å². The monoisotopic (exact) mass is 187 g/mol. The Morgan fingerprint density at radius 2 is 2.08 bits per heavy atom. The maximum absolute atomic E-state index is 12.1. The number of rotatable bonds is 1. The molecule has 0 aliphatic rings. The van der Waals surface area contributed by atoms with Crippen LogP contribution >= 0.6 is 11.6 Å². The molecule has 0 heterocycles. The van der Waals surface area contributed by atoms with Gasteiger partial charge >= 0.3 is 0 Å². The highest BCUT2D eigenvalue weighted by Gasteiger charge is 2.11. The summed E-state index contributed by atoms with van der Waals surface area (Å²) >= 11 is 5.47. The second-order valence-electron chi connectivity index (χ2n) is 2.15. The summed E-state index contributed by atoms with van der Waals surface area (Å²) in [5.74, 6) is 0. The van der Waals surface area contributed by atoms with Gasteiger partial charge in [0.2, 0.25) is 0 Å². The maximum Gasteiger partial charge on any atom is 0.265 e. The van der Waals surface area contributed by atoms with Crippen molar-refractivity contribution in [2.45, 2.75) is 6.43 Å². The first-order valence-electron chi connectivity index (χ1n) is 3.13. The molecule has 0 aliphatic heterocycles. The van der Waals surface area contributed by atoms with Gasteiger partial charge in [0.25, 0.3) is 6.43 Å². The first kappa shape index (κ1) is 8.95. The van der Waals surface area contributed by atoms with Crippen LogP contribution in [0.25, 0.3) is 0 Å². The fraction of sp³-hybridized carbons (Fsp3) is 0.125. The lowest BCUT2D eigenvalue weighted by Crippen LogP contribution is -1.86. The summed E-state index contributed by atoms with van der Waals surface area (Å²) < 4.78 is 24.2. The van der Waals surface area contributed by atoms with Crippen LogP contribution in [0.2, 0.25) is 5.02 Å². The number of benzene rings is 1. The molecule has 0 saturated carbocycles. The smallest absolute Gasteiger partial charge is 0.205 e. The molecule has 1 aromatic rings. The van der Waals surface area contributed by atoms with Gasteiger partial charge in [0, 0.05) is 5.56 Å². The van der Waals surface area contributed by atoms with Crippen LogP contribution in [0.5, 0.6) is 0 Å². The molecule has 62 valence electrons. The number of hydrogen-bond acceptors (Lipinski definition) is 1. The molecule has 0 saturated heterocycles. The largest absolute Gasteiger partial charge is 0.265 e. The second kappa shape index (κ2) is 3.51. The Morgan fingerprint density at radius 3 is 2.50 bits per heavy atom. The van der Waals surface area contributed by atoms with Crippen molar-refractivity contribution in [1.82, 2.24) is 0 Å². The first-order valence-corrected chi connectivity index (χ1v) is 3.50. The predicted octanol–water partition coefficient (Wildman–Crippen LogP) is 3.15. The molecule has 0 radical (unpaired) electrons. The second-order valence-corrected chi connectivity index (χ2v) is 2.56. The molecule has 1 nitrogen and oxygen atoms in total. The van der Waals surface area contributed by atoms with E-state index in [1.165, 1.54) is 12.1 Å². The Balaban J connectivity index is 3.14. The Hall–Kier alpha value is -1.14. The maximum atomic E-state index is 12.1. The number of hydrogen-bond donors (Lipinski definition) is 0. The predicted molar refractivity (Wildman–Crippen MR) is 41.1 cm³/mol. The van der Waals surface area contributed by atoms with Crippen molar-refractivity contribution in [1.29, 1.82) is 5.26 Å². The molecular weight excluding hydrogens is 184 g/mol. The minimum absolute atomic E-state index is 0.0657. The van der Waals surface area contributed by atoms with Crippen LogP contribution in [-0.2, 0) is 0 Å². The summed E-state index contributed by atoms with van der Waals surface area (Å²) in [4.78, 5) is 0. The Labute approximate surface area is 73.2 Å². The molecule has 0 N–H and O–H groups in total. The zero-order valence-corrected chi connectivity index (χ0v) is 6.65. The molecule has 1 aromatic carbocycles. The van der Waals surface area contributed by atoms with Gasteiger partial charge in [-0.3, -0.25) is 0 Å². The van der Waals surface area contributed by atoms with E-state index >= 15 is 0 Å². The number of nitrogens with zero attached hydrogens (tertiary/aromatic N) is 1. The van der Waals surface area contributed by atoms with Crippen LogP contribution in [0.1, 0.15) is 17.6 Å². The van der Waals surface area contributed by atoms with E-state index in [4.69, 9.17) is 16.9 Å². The Kier molecular flexibility index (Phi) is 2.61. The van der Waals surface area contributed by atoms with Gasteiger partial charge in [0.15, 0.2) is 0 Å². The van der Waals surface area contributed by atoms with E-state index in [9.17, 15) is 8.78 Å². The molecule has 1 rings (SSSR count). The average molecular weight is 188 g/mol. The van der Waals surface area contributed by atoms with Gasteiger partial charge < -0.3 is 0 Å². The van der Waals surface area contributed by atoms with E-state index in [1.807, 2.05) is 0 Å². The molecule has 4 heteroatoms. The van der Waals surface area contributed by atoms with Crippen LogP contribution in [0.4, 0.5) is 8.78 Å². The van der Waals surface area contributed by atoms with Crippen LogP contribution in [0.3, 0.4) is 0 Å². The van der Waals surface area contributed by atoms with Crippen molar-refractivity contribution in [3.05, 3.63) is 34.3 Å². The summed E-state index contributed by atoms with van der Waals surface area (Å²) in [5.41, 5.74) is 0.0417. The number of alkyl halides is 2. The number of halogens is 3. The van der Waals surface area contributed by atoms with Gasteiger partial charge in [-0.25, -0.2) is 8.78 Å². The van der Waals surface area contributed by atoms with Crippen LogP contribution in [0, 0.1) is 11.3 Å². The molecule has 0 unspecified atom stereocenters. The van der Waals surface area contributed by atoms with Crippen molar-refractivity contribution >= 4 is 11.6 Å². The van der Waals surface area contributed by atoms with Crippen LogP contribution in [-0.4, -0.2) is 0 Å². The van der Waals surface area contributed by atoms with E-state index < -0.39 is 6.43 Å². The summed E-state index contributed by atoms with van der Waals surface area (Å²) in [5, 5.41) is 8.33. The van der Waals surface area contributed by atoms with Crippen LogP contribution < -0.4 is 0 Å². The fourth-order valence-corrected chi connectivity index (χ4v) is 1.04. The quantitative estimate of drug-likeness (QED) is 0.663. The van der Waals surface area contributed by atoms with Gasteiger partial charge in [-0.15, -0.1) is 0 Å². The lowest BCUT2D eigenvalue weighted by atomic mass is 10.1. The van der Waals surface area contributed by atoms with Gasteiger partial charge in [-0.2, -0.15) is 5.26 Å². The average Bonchev–Trinajstić information content (AvgIpc) is 2.03. The lowest BCUT2D eigenvalue weighted by Gasteiger charge is -2.01. The van der Waals surface area contributed by atoms with E-state index in [-0.39, 0.29) is 16.1 Å². The highest BCUT2D eigenvalue weighted by molar-refractivity contribution is 6.31. The van der Waals surface area contributed by atoms with E-state index in [1.54, 1.807) is 6.07 Å². The normalized spacial score (nSPS) is 9.92. The third-order valence-electron chi connectivity index (χ3n) is 1.36. The van der Waals surface area contributed by atoms with Gasteiger partial charge in [0.05, 0.1) is 16.7 Å². The third kappa shape index (κ3) is 1.72. The first-order chi connectivity index (χ1) is 5.65. The zero-order valence-electron chi connectivity index (χ0n) is 5.89. The molecule has 0 aromatic heterocycles. The third-order valence-corrected chi connectivity index (χ3v) is 1.69. The lowest BCUT2D eigenvalue weighted by molar-refractivity contribution is 0.151. The van der Waals surface area contributed by atoms with E-state index in [0.29, 0.717) is 0 Å². The van der Waals surface area contributed by atoms with Crippen molar-refractivity contribution in [2.24, 2.45) is 0 Å². The van der Waals surface area contributed by atoms with E-state index in [2.05, 4.69) is 0 Å². The van der Waals surface area contributed by atoms with Crippen molar-refractivity contribution in [3.63, 3.8) is 0 Å². The molecule has 0 aliphatic carbocycles. The fourth-order valence-electron chi connectivity index (χ4n) is 0.774. The SMILES string of the molecule is N#Cc1ccc(C(F)F)c(Cl)c1. The zero-order chi connectivity index (χ0) is 9.14. The number of nitriles is 1. The summed E-state index contributed by atoms with van der Waals surface area (Å²) in [6.45, 7) is 0. The highest BCUT2D eigenvalue weighted by atomic mass is 35.5. The van der Waals surface area contributed by atoms with Crippen molar-refractivity contribution < 1.29 is 8.78 Å². The van der Waals surface area contributed by atoms with Gasteiger partial charge in [-0.1, -0.05) is 17.7 Å². The minimum Gasteiger partial charge on any atom is -0.205 e. The van der Waals surface area contributed by atoms with Crippen molar-refractivity contribution in [2.75, 3.05) is 0 Å². The molecule has 0 bridgehead atoms. The molecular formula is C8H4ClF2N. The standard InChI is InChI=1S/C8H4ClF2N/c9-7-3-5(4-12)1-2-6(7)8(10)11/h1-3,8H.